The maximum Gasteiger partial charge on any atom is 0.217 e. The van der Waals surface area contributed by atoms with E-state index in [4.69, 9.17) is 4.42 Å². The minimum Gasteiger partial charge on any atom is -0.461 e. The van der Waals surface area contributed by atoms with Crippen molar-refractivity contribution in [1.82, 2.24) is 20.1 Å². The molecule has 120 valence electrons. The summed E-state index contributed by atoms with van der Waals surface area (Å²) >= 11 is 0. The molecular formula is C15H22N4O3. The Hall–Kier alpha value is -2.15. The van der Waals surface area contributed by atoms with Gasteiger partial charge >= 0.3 is 0 Å². The van der Waals surface area contributed by atoms with Gasteiger partial charge < -0.3 is 14.8 Å². The van der Waals surface area contributed by atoms with Gasteiger partial charge in [-0.2, -0.15) is 0 Å². The van der Waals surface area contributed by atoms with E-state index in [2.05, 4.69) is 15.4 Å². The van der Waals surface area contributed by atoms with Crippen LogP contribution in [0.3, 0.4) is 0 Å². The van der Waals surface area contributed by atoms with Crippen molar-refractivity contribution in [2.24, 2.45) is 0 Å². The third kappa shape index (κ3) is 3.94. The summed E-state index contributed by atoms with van der Waals surface area (Å²) in [6, 6.07) is 3.26. The van der Waals surface area contributed by atoms with Crippen LogP contribution >= 0.6 is 0 Å². The van der Waals surface area contributed by atoms with E-state index >= 15 is 0 Å². The van der Waals surface area contributed by atoms with Gasteiger partial charge in [-0.05, 0) is 32.4 Å². The van der Waals surface area contributed by atoms with Crippen molar-refractivity contribution in [2.45, 2.75) is 52.3 Å². The average Bonchev–Trinajstić information content (AvgIpc) is 3.02. The van der Waals surface area contributed by atoms with E-state index in [9.17, 15) is 9.90 Å². The molecule has 0 aliphatic heterocycles. The lowest BCUT2D eigenvalue weighted by Crippen LogP contribution is -2.32. The van der Waals surface area contributed by atoms with Crippen LogP contribution in [0.1, 0.15) is 46.0 Å². The van der Waals surface area contributed by atoms with Gasteiger partial charge in [0, 0.05) is 6.92 Å². The third-order valence-corrected chi connectivity index (χ3v) is 3.08. The van der Waals surface area contributed by atoms with Gasteiger partial charge in [-0.1, -0.05) is 6.92 Å². The molecule has 7 nitrogen and oxygen atoms in total. The summed E-state index contributed by atoms with van der Waals surface area (Å²) in [5.74, 6) is 1.46. The smallest absolute Gasteiger partial charge is 0.217 e. The number of nitrogens with one attached hydrogen (secondary N) is 1. The van der Waals surface area contributed by atoms with Crippen LogP contribution in [0, 0.1) is 0 Å². The van der Waals surface area contributed by atoms with Crippen molar-refractivity contribution in [3.63, 3.8) is 0 Å². The lowest BCUT2D eigenvalue weighted by molar-refractivity contribution is -0.119. The van der Waals surface area contributed by atoms with Gasteiger partial charge in [-0.3, -0.25) is 4.79 Å². The number of aliphatic hydroxyl groups is 1. The number of nitrogens with zero attached hydrogens (tertiary/aromatic N) is 3. The third-order valence-electron chi connectivity index (χ3n) is 3.08. The standard InChI is InChI=1S/C15H22N4O3/c1-5-11(16-10(2)20)14-17-13(12-7-6-8-22-12)18-19(14)9-15(3,4)21/h6-8,11,21H,5,9H2,1-4H3,(H,16,20). The molecule has 0 saturated heterocycles. The minimum absolute atomic E-state index is 0.135. The molecule has 0 aromatic carbocycles. The van der Waals surface area contributed by atoms with Gasteiger partial charge in [0.15, 0.2) is 5.76 Å². The van der Waals surface area contributed by atoms with Gasteiger partial charge in [-0.25, -0.2) is 9.67 Å². The fraction of sp³-hybridized carbons (Fsp3) is 0.533. The molecule has 0 aliphatic carbocycles. The van der Waals surface area contributed by atoms with E-state index < -0.39 is 5.60 Å². The number of rotatable bonds is 6. The van der Waals surface area contributed by atoms with E-state index in [0.717, 1.165) is 0 Å². The van der Waals surface area contributed by atoms with E-state index in [1.807, 2.05) is 6.92 Å². The number of furan rings is 1. The predicted octanol–water partition coefficient (Wildman–Crippen LogP) is 1.90. The van der Waals surface area contributed by atoms with Gasteiger partial charge in [0.05, 0.1) is 24.5 Å². The molecule has 1 unspecified atom stereocenters. The maximum absolute atomic E-state index is 11.4. The number of amides is 1. The monoisotopic (exact) mass is 306 g/mol. The molecule has 0 bridgehead atoms. The largest absolute Gasteiger partial charge is 0.461 e. The summed E-state index contributed by atoms with van der Waals surface area (Å²) < 4.78 is 6.95. The van der Waals surface area contributed by atoms with Crippen LogP contribution in [0.15, 0.2) is 22.8 Å². The summed E-state index contributed by atoms with van der Waals surface area (Å²) in [5, 5.41) is 17.3. The molecule has 2 N–H and O–H groups in total. The Balaban J connectivity index is 2.42. The second-order valence-electron chi connectivity index (χ2n) is 5.90. The van der Waals surface area contributed by atoms with Crippen molar-refractivity contribution >= 4 is 5.91 Å². The van der Waals surface area contributed by atoms with E-state index in [1.165, 1.54) is 6.92 Å². The van der Waals surface area contributed by atoms with Gasteiger partial charge in [0.1, 0.15) is 5.82 Å². The fourth-order valence-electron chi connectivity index (χ4n) is 2.20. The number of hydrogen-bond acceptors (Lipinski definition) is 5. The highest BCUT2D eigenvalue weighted by molar-refractivity contribution is 5.73. The summed E-state index contributed by atoms with van der Waals surface area (Å²) in [7, 11) is 0. The molecule has 0 spiro atoms. The topological polar surface area (TPSA) is 93.2 Å². The molecular weight excluding hydrogens is 284 g/mol. The molecule has 0 saturated carbocycles. The molecule has 2 rings (SSSR count). The molecule has 22 heavy (non-hydrogen) atoms. The van der Waals surface area contributed by atoms with Crippen LogP contribution in [0.4, 0.5) is 0 Å². The van der Waals surface area contributed by atoms with Crippen molar-refractivity contribution in [3.8, 4) is 11.6 Å². The molecule has 2 heterocycles. The molecule has 0 radical (unpaired) electrons. The summed E-state index contributed by atoms with van der Waals surface area (Å²) in [4.78, 5) is 15.9. The Kier molecular flexibility index (Phi) is 4.65. The molecule has 2 aromatic heterocycles. The van der Waals surface area contributed by atoms with Crippen LogP contribution < -0.4 is 5.32 Å². The summed E-state index contributed by atoms with van der Waals surface area (Å²) in [6.45, 7) is 7.09. The predicted molar refractivity (Wildman–Crippen MR) is 80.9 cm³/mol. The first-order chi connectivity index (χ1) is 10.3. The number of carbonyl (C=O) groups excluding carboxylic acids is 1. The summed E-state index contributed by atoms with van der Waals surface area (Å²) in [5.41, 5.74) is -0.947. The Labute approximate surface area is 129 Å². The van der Waals surface area contributed by atoms with Crippen LogP contribution in [-0.4, -0.2) is 31.4 Å². The molecule has 0 aliphatic rings. The average molecular weight is 306 g/mol. The zero-order valence-corrected chi connectivity index (χ0v) is 13.3. The Morgan fingerprint density at radius 3 is 2.77 bits per heavy atom. The highest BCUT2D eigenvalue weighted by Gasteiger charge is 2.24. The first-order valence-corrected chi connectivity index (χ1v) is 7.28. The number of carbonyl (C=O) groups is 1. The quantitative estimate of drug-likeness (QED) is 0.850. The zero-order chi connectivity index (χ0) is 16.3. The van der Waals surface area contributed by atoms with Gasteiger partial charge in [0.2, 0.25) is 11.7 Å². The summed E-state index contributed by atoms with van der Waals surface area (Å²) in [6.07, 6.45) is 2.22. The molecule has 7 heteroatoms. The van der Waals surface area contributed by atoms with Crippen molar-refractivity contribution < 1.29 is 14.3 Å². The van der Waals surface area contributed by atoms with E-state index in [1.54, 1.807) is 36.9 Å². The minimum atomic E-state index is -0.947. The highest BCUT2D eigenvalue weighted by Crippen LogP contribution is 2.22. The lowest BCUT2D eigenvalue weighted by Gasteiger charge is -2.21. The van der Waals surface area contributed by atoms with Crippen LogP contribution in [0.25, 0.3) is 11.6 Å². The van der Waals surface area contributed by atoms with Crippen molar-refractivity contribution in [3.05, 3.63) is 24.2 Å². The Morgan fingerprint density at radius 2 is 2.27 bits per heavy atom. The van der Waals surface area contributed by atoms with Crippen LogP contribution in [0.5, 0.6) is 0 Å². The van der Waals surface area contributed by atoms with Crippen LogP contribution in [-0.2, 0) is 11.3 Å². The maximum atomic E-state index is 11.4. The van der Waals surface area contributed by atoms with E-state index in [0.29, 0.717) is 23.8 Å². The first-order valence-electron chi connectivity index (χ1n) is 7.28. The van der Waals surface area contributed by atoms with Crippen molar-refractivity contribution in [2.75, 3.05) is 0 Å². The molecule has 2 aromatic rings. The number of hydrogen-bond donors (Lipinski definition) is 2. The molecule has 1 amide bonds. The van der Waals surface area contributed by atoms with E-state index in [-0.39, 0.29) is 18.5 Å². The van der Waals surface area contributed by atoms with Crippen LogP contribution in [0.2, 0.25) is 0 Å². The fourth-order valence-corrected chi connectivity index (χ4v) is 2.20. The SMILES string of the molecule is CCC(NC(C)=O)c1nc(-c2ccco2)nn1CC(C)(C)O. The first kappa shape index (κ1) is 16.2. The van der Waals surface area contributed by atoms with Gasteiger partial charge in [0.25, 0.3) is 0 Å². The molecule has 0 fully saturated rings. The van der Waals surface area contributed by atoms with Crippen molar-refractivity contribution in [1.29, 1.82) is 0 Å². The van der Waals surface area contributed by atoms with Gasteiger partial charge in [-0.15, -0.1) is 5.10 Å². The Bertz CT molecular complexity index is 626. The Morgan fingerprint density at radius 1 is 1.55 bits per heavy atom. The lowest BCUT2D eigenvalue weighted by atomic mass is 10.1. The highest BCUT2D eigenvalue weighted by atomic mass is 16.3. The zero-order valence-electron chi connectivity index (χ0n) is 13.3. The number of aromatic nitrogens is 3. The second-order valence-corrected chi connectivity index (χ2v) is 5.90. The molecule has 1 atom stereocenters. The normalized spacial score (nSPS) is 13.1. The second kappa shape index (κ2) is 6.31.